The van der Waals surface area contributed by atoms with Gasteiger partial charge < -0.3 is 19.9 Å². The van der Waals surface area contributed by atoms with Crippen LogP contribution in [0.4, 0.5) is 0 Å². The first-order valence-electron chi connectivity index (χ1n) is 6.77. The SMILES string of the molecule is COc1ccc(C(=O)NCCCOCC(C)C)c(O)c1. The number of benzene rings is 1. The van der Waals surface area contributed by atoms with E-state index in [0.717, 1.165) is 13.0 Å². The number of hydrogen-bond acceptors (Lipinski definition) is 4. The zero-order valence-corrected chi connectivity index (χ0v) is 12.3. The minimum Gasteiger partial charge on any atom is -0.507 e. The van der Waals surface area contributed by atoms with Crippen LogP contribution in [0, 0.1) is 5.92 Å². The van der Waals surface area contributed by atoms with Crippen molar-refractivity contribution in [1.29, 1.82) is 0 Å². The third kappa shape index (κ3) is 5.48. The van der Waals surface area contributed by atoms with Gasteiger partial charge in [-0.3, -0.25) is 4.79 Å². The summed E-state index contributed by atoms with van der Waals surface area (Å²) >= 11 is 0. The van der Waals surface area contributed by atoms with Crippen molar-refractivity contribution in [2.75, 3.05) is 26.9 Å². The van der Waals surface area contributed by atoms with Gasteiger partial charge in [0.05, 0.1) is 12.7 Å². The maximum Gasteiger partial charge on any atom is 0.255 e. The lowest BCUT2D eigenvalue weighted by Gasteiger charge is -2.09. The molecule has 20 heavy (non-hydrogen) atoms. The second-order valence-electron chi connectivity index (χ2n) is 4.96. The van der Waals surface area contributed by atoms with Crippen LogP contribution in [0.2, 0.25) is 0 Å². The molecule has 0 aliphatic rings. The summed E-state index contributed by atoms with van der Waals surface area (Å²) in [6, 6.07) is 4.60. The maximum absolute atomic E-state index is 11.9. The van der Waals surface area contributed by atoms with Gasteiger partial charge in [-0.15, -0.1) is 0 Å². The van der Waals surface area contributed by atoms with E-state index >= 15 is 0 Å². The molecule has 112 valence electrons. The van der Waals surface area contributed by atoms with Gasteiger partial charge in [-0.2, -0.15) is 0 Å². The van der Waals surface area contributed by atoms with Gasteiger partial charge in [-0.25, -0.2) is 0 Å². The number of amides is 1. The van der Waals surface area contributed by atoms with E-state index in [9.17, 15) is 9.90 Å². The predicted molar refractivity (Wildman–Crippen MR) is 77.3 cm³/mol. The van der Waals surface area contributed by atoms with Crippen LogP contribution in [-0.4, -0.2) is 37.9 Å². The summed E-state index contributed by atoms with van der Waals surface area (Å²) in [7, 11) is 1.51. The van der Waals surface area contributed by atoms with E-state index in [-0.39, 0.29) is 17.2 Å². The molecule has 5 heteroatoms. The highest BCUT2D eigenvalue weighted by Crippen LogP contribution is 2.23. The highest BCUT2D eigenvalue weighted by atomic mass is 16.5. The first-order valence-corrected chi connectivity index (χ1v) is 6.77. The Morgan fingerprint density at radius 3 is 2.75 bits per heavy atom. The molecule has 0 saturated carbocycles. The molecule has 0 bridgehead atoms. The van der Waals surface area contributed by atoms with Crippen LogP contribution in [0.1, 0.15) is 30.6 Å². The number of carbonyl (C=O) groups excluding carboxylic acids is 1. The van der Waals surface area contributed by atoms with Gasteiger partial charge in [0.25, 0.3) is 5.91 Å². The van der Waals surface area contributed by atoms with Crippen molar-refractivity contribution in [2.24, 2.45) is 5.92 Å². The molecule has 0 saturated heterocycles. The second kappa shape index (κ2) is 8.43. The number of rotatable bonds is 8. The van der Waals surface area contributed by atoms with Gasteiger partial charge in [0.2, 0.25) is 0 Å². The van der Waals surface area contributed by atoms with Crippen molar-refractivity contribution < 1.29 is 19.4 Å². The summed E-state index contributed by atoms with van der Waals surface area (Å²) in [6.07, 6.45) is 0.745. The number of carbonyl (C=O) groups is 1. The van der Waals surface area contributed by atoms with E-state index in [2.05, 4.69) is 19.2 Å². The summed E-state index contributed by atoms with van der Waals surface area (Å²) < 4.78 is 10.4. The van der Waals surface area contributed by atoms with Crippen LogP contribution in [0.5, 0.6) is 11.5 Å². The minimum atomic E-state index is -0.297. The Balaban J connectivity index is 2.32. The fourth-order valence-corrected chi connectivity index (χ4v) is 1.62. The molecule has 0 aromatic heterocycles. The lowest BCUT2D eigenvalue weighted by Crippen LogP contribution is -2.25. The van der Waals surface area contributed by atoms with E-state index in [1.807, 2.05) is 0 Å². The Labute approximate surface area is 119 Å². The average Bonchev–Trinajstić information content (AvgIpc) is 2.41. The Kier molecular flexibility index (Phi) is 6.87. The molecule has 0 aliphatic heterocycles. The molecular weight excluding hydrogens is 258 g/mol. The van der Waals surface area contributed by atoms with E-state index in [1.54, 1.807) is 12.1 Å². The van der Waals surface area contributed by atoms with E-state index in [0.29, 0.717) is 24.8 Å². The fourth-order valence-electron chi connectivity index (χ4n) is 1.62. The van der Waals surface area contributed by atoms with Crippen molar-refractivity contribution in [3.8, 4) is 11.5 Å². The first-order chi connectivity index (χ1) is 9.54. The van der Waals surface area contributed by atoms with Gasteiger partial charge >= 0.3 is 0 Å². The van der Waals surface area contributed by atoms with Gasteiger partial charge in [0.15, 0.2) is 0 Å². The zero-order valence-electron chi connectivity index (χ0n) is 12.3. The number of hydrogen-bond donors (Lipinski definition) is 2. The first kappa shape index (κ1) is 16.3. The molecule has 0 aliphatic carbocycles. The van der Waals surface area contributed by atoms with Crippen molar-refractivity contribution in [1.82, 2.24) is 5.32 Å². The van der Waals surface area contributed by atoms with Gasteiger partial charge in [-0.05, 0) is 24.5 Å². The summed E-state index contributed by atoms with van der Waals surface area (Å²) in [5, 5.41) is 12.5. The predicted octanol–water partition coefficient (Wildman–Crippen LogP) is 2.19. The molecule has 1 aromatic rings. The molecule has 0 radical (unpaired) electrons. The maximum atomic E-state index is 11.9. The largest absolute Gasteiger partial charge is 0.507 e. The molecule has 1 aromatic carbocycles. The molecule has 0 spiro atoms. The van der Waals surface area contributed by atoms with Gasteiger partial charge in [0.1, 0.15) is 11.5 Å². The molecule has 0 unspecified atom stereocenters. The Hall–Kier alpha value is -1.75. The van der Waals surface area contributed by atoms with Crippen LogP contribution < -0.4 is 10.1 Å². The number of methoxy groups -OCH3 is 1. The van der Waals surface area contributed by atoms with E-state index < -0.39 is 0 Å². The highest BCUT2D eigenvalue weighted by Gasteiger charge is 2.11. The van der Waals surface area contributed by atoms with Crippen molar-refractivity contribution >= 4 is 5.91 Å². The van der Waals surface area contributed by atoms with Crippen molar-refractivity contribution in [3.63, 3.8) is 0 Å². The van der Waals surface area contributed by atoms with Crippen molar-refractivity contribution in [2.45, 2.75) is 20.3 Å². The summed E-state index contributed by atoms with van der Waals surface area (Å²) in [4.78, 5) is 11.9. The molecule has 0 heterocycles. The molecule has 1 amide bonds. The number of phenols is 1. The summed E-state index contributed by atoms with van der Waals surface area (Å²) in [5.41, 5.74) is 0.244. The van der Waals surface area contributed by atoms with Crippen LogP contribution in [0.3, 0.4) is 0 Å². The van der Waals surface area contributed by atoms with Gasteiger partial charge in [-0.1, -0.05) is 13.8 Å². The van der Waals surface area contributed by atoms with Crippen LogP contribution in [0.15, 0.2) is 18.2 Å². The number of aromatic hydroxyl groups is 1. The second-order valence-corrected chi connectivity index (χ2v) is 4.96. The molecule has 1 rings (SSSR count). The van der Waals surface area contributed by atoms with Crippen LogP contribution in [-0.2, 0) is 4.74 Å². The zero-order chi connectivity index (χ0) is 15.0. The Bertz CT molecular complexity index is 432. The topological polar surface area (TPSA) is 67.8 Å². The molecule has 2 N–H and O–H groups in total. The smallest absolute Gasteiger partial charge is 0.255 e. The summed E-state index contributed by atoms with van der Waals surface area (Å²) in [5.74, 6) is 0.647. The Morgan fingerprint density at radius 1 is 1.40 bits per heavy atom. The average molecular weight is 281 g/mol. The Morgan fingerprint density at radius 2 is 2.15 bits per heavy atom. The van der Waals surface area contributed by atoms with Crippen LogP contribution >= 0.6 is 0 Å². The number of nitrogens with one attached hydrogen (secondary N) is 1. The fraction of sp³-hybridized carbons (Fsp3) is 0.533. The monoisotopic (exact) mass is 281 g/mol. The lowest BCUT2D eigenvalue weighted by molar-refractivity contribution is 0.0922. The number of phenolic OH excluding ortho intramolecular Hbond substituents is 1. The normalized spacial score (nSPS) is 10.6. The van der Waals surface area contributed by atoms with E-state index in [1.165, 1.54) is 13.2 Å². The molecular formula is C15H23NO4. The van der Waals surface area contributed by atoms with Crippen molar-refractivity contribution in [3.05, 3.63) is 23.8 Å². The van der Waals surface area contributed by atoms with Gasteiger partial charge in [0, 0.05) is 25.8 Å². The molecule has 0 atom stereocenters. The van der Waals surface area contributed by atoms with Crippen LogP contribution in [0.25, 0.3) is 0 Å². The summed E-state index contributed by atoms with van der Waals surface area (Å²) in [6.45, 7) is 6.05. The lowest BCUT2D eigenvalue weighted by atomic mass is 10.2. The third-order valence-electron chi connectivity index (χ3n) is 2.65. The third-order valence-corrected chi connectivity index (χ3v) is 2.65. The minimum absolute atomic E-state index is 0.0853. The molecule has 5 nitrogen and oxygen atoms in total. The quantitative estimate of drug-likeness (QED) is 0.717. The number of ether oxygens (including phenoxy) is 2. The standard InChI is InChI=1S/C15H23NO4/c1-11(2)10-20-8-4-7-16-15(18)13-6-5-12(19-3)9-14(13)17/h5-6,9,11,17H,4,7-8,10H2,1-3H3,(H,16,18). The molecule has 0 fully saturated rings. The van der Waals surface area contributed by atoms with E-state index in [4.69, 9.17) is 9.47 Å². The highest BCUT2D eigenvalue weighted by molar-refractivity contribution is 5.96.